The normalized spacial score (nSPS) is 11.4. The van der Waals surface area contributed by atoms with Crippen LogP contribution in [0.15, 0.2) is 24.3 Å². The van der Waals surface area contributed by atoms with Crippen molar-refractivity contribution in [1.29, 1.82) is 0 Å². The predicted octanol–water partition coefficient (Wildman–Crippen LogP) is 1.01. The minimum absolute atomic E-state index is 0.164. The maximum absolute atomic E-state index is 10.9. The summed E-state index contributed by atoms with van der Waals surface area (Å²) in [6, 6.07) is 7.81. The molecule has 1 aromatic carbocycles. The van der Waals surface area contributed by atoms with Crippen molar-refractivity contribution in [2.75, 3.05) is 31.7 Å². The van der Waals surface area contributed by atoms with Crippen LogP contribution >= 0.6 is 0 Å². The lowest BCUT2D eigenvalue weighted by Crippen LogP contribution is -2.26. The minimum Gasteiger partial charge on any atom is -0.492 e. The van der Waals surface area contributed by atoms with Crippen LogP contribution in [0, 0.1) is 6.92 Å². The summed E-state index contributed by atoms with van der Waals surface area (Å²) in [5.41, 5.74) is 1.10. The Kier molecular flexibility index (Phi) is 5.44. The number of aryl methyl sites for hydroxylation is 1. The molecule has 0 spiro atoms. The highest BCUT2D eigenvalue weighted by Crippen LogP contribution is 2.15. The summed E-state index contributed by atoms with van der Waals surface area (Å²) in [6.07, 6.45) is 1.23. The average molecular weight is 257 g/mol. The van der Waals surface area contributed by atoms with E-state index in [9.17, 15) is 8.42 Å². The van der Waals surface area contributed by atoms with E-state index in [1.54, 1.807) is 0 Å². The first-order chi connectivity index (χ1) is 7.99. The maximum Gasteiger partial charge on any atom is 0.148 e. The Labute approximate surface area is 103 Å². The second-order valence-corrected chi connectivity index (χ2v) is 6.25. The van der Waals surface area contributed by atoms with Crippen molar-refractivity contribution in [2.45, 2.75) is 6.92 Å². The van der Waals surface area contributed by atoms with Gasteiger partial charge in [0.1, 0.15) is 22.2 Å². The number of para-hydroxylation sites is 1. The SMILES string of the molecule is Cc1ccccc1OCCNCCS(C)(=O)=O. The van der Waals surface area contributed by atoms with Crippen molar-refractivity contribution >= 4 is 9.84 Å². The monoisotopic (exact) mass is 257 g/mol. The third-order valence-corrected chi connectivity index (χ3v) is 3.23. The van der Waals surface area contributed by atoms with Crippen LogP contribution in [0.1, 0.15) is 5.56 Å². The van der Waals surface area contributed by atoms with Crippen LogP contribution in [0.5, 0.6) is 5.75 Å². The molecule has 1 rings (SSSR count). The van der Waals surface area contributed by atoms with Gasteiger partial charge in [0.15, 0.2) is 0 Å². The number of ether oxygens (including phenoxy) is 1. The Bertz CT molecular complexity index is 443. The number of hydrogen-bond donors (Lipinski definition) is 1. The quantitative estimate of drug-likeness (QED) is 0.741. The number of nitrogens with one attached hydrogen (secondary N) is 1. The van der Waals surface area contributed by atoms with E-state index in [1.165, 1.54) is 6.26 Å². The van der Waals surface area contributed by atoms with Crippen molar-refractivity contribution in [3.8, 4) is 5.75 Å². The average Bonchev–Trinajstić information content (AvgIpc) is 2.24. The van der Waals surface area contributed by atoms with Gasteiger partial charge in [-0.3, -0.25) is 0 Å². The zero-order chi connectivity index (χ0) is 12.7. The third kappa shape index (κ3) is 6.28. The van der Waals surface area contributed by atoms with Crippen LogP contribution in [0.2, 0.25) is 0 Å². The topological polar surface area (TPSA) is 55.4 Å². The Balaban J connectivity index is 2.15. The van der Waals surface area contributed by atoms with Crippen LogP contribution < -0.4 is 10.1 Å². The Hall–Kier alpha value is -1.07. The van der Waals surface area contributed by atoms with Gasteiger partial charge in [-0.2, -0.15) is 0 Å². The van der Waals surface area contributed by atoms with Crippen LogP contribution in [0.3, 0.4) is 0 Å². The standard InChI is InChI=1S/C12H19NO3S/c1-11-5-3-4-6-12(11)16-9-7-13-8-10-17(2,14)15/h3-6,13H,7-10H2,1-2H3. The molecule has 0 radical (unpaired) electrons. The highest BCUT2D eigenvalue weighted by Gasteiger charge is 2.01. The van der Waals surface area contributed by atoms with Crippen LogP contribution in [0.25, 0.3) is 0 Å². The fourth-order valence-corrected chi connectivity index (χ4v) is 1.85. The van der Waals surface area contributed by atoms with E-state index in [0.717, 1.165) is 11.3 Å². The van der Waals surface area contributed by atoms with Crippen molar-refractivity contribution in [1.82, 2.24) is 5.32 Å². The smallest absolute Gasteiger partial charge is 0.148 e. The third-order valence-electron chi connectivity index (χ3n) is 2.28. The lowest BCUT2D eigenvalue weighted by atomic mass is 10.2. The molecule has 0 fully saturated rings. The van der Waals surface area contributed by atoms with Gasteiger partial charge in [0.25, 0.3) is 0 Å². The summed E-state index contributed by atoms with van der Waals surface area (Å²) < 4.78 is 27.3. The van der Waals surface area contributed by atoms with Gasteiger partial charge in [-0.1, -0.05) is 18.2 Å². The van der Waals surface area contributed by atoms with Crippen LogP contribution in [0.4, 0.5) is 0 Å². The maximum atomic E-state index is 10.9. The number of rotatable bonds is 7. The molecule has 5 heteroatoms. The molecule has 0 aliphatic rings. The molecule has 0 aliphatic carbocycles. The van der Waals surface area contributed by atoms with Gasteiger partial charge in [-0.25, -0.2) is 8.42 Å². The van der Waals surface area contributed by atoms with Gasteiger partial charge in [0, 0.05) is 19.3 Å². The van der Waals surface area contributed by atoms with Gasteiger partial charge in [0.2, 0.25) is 0 Å². The fraction of sp³-hybridized carbons (Fsp3) is 0.500. The van der Waals surface area contributed by atoms with Crippen LogP contribution in [-0.4, -0.2) is 40.1 Å². The molecule has 0 atom stereocenters. The molecule has 1 N–H and O–H groups in total. The molecule has 0 saturated heterocycles. The van der Waals surface area contributed by atoms with Gasteiger partial charge >= 0.3 is 0 Å². The summed E-state index contributed by atoms with van der Waals surface area (Å²) in [4.78, 5) is 0. The molecule has 0 saturated carbocycles. The lowest BCUT2D eigenvalue weighted by molar-refractivity contribution is 0.313. The molecule has 0 bridgehead atoms. The summed E-state index contributed by atoms with van der Waals surface area (Å²) in [6.45, 7) is 3.64. The van der Waals surface area contributed by atoms with Crippen molar-refractivity contribution in [2.24, 2.45) is 0 Å². The van der Waals surface area contributed by atoms with E-state index < -0.39 is 9.84 Å². The zero-order valence-corrected chi connectivity index (χ0v) is 11.1. The predicted molar refractivity (Wildman–Crippen MR) is 69.3 cm³/mol. The Morgan fingerprint density at radius 3 is 2.59 bits per heavy atom. The second kappa shape index (κ2) is 6.61. The van der Waals surface area contributed by atoms with E-state index in [0.29, 0.717) is 19.7 Å². The molecule has 17 heavy (non-hydrogen) atoms. The molecule has 0 amide bonds. The zero-order valence-electron chi connectivity index (χ0n) is 10.3. The molecule has 4 nitrogen and oxygen atoms in total. The highest BCUT2D eigenvalue weighted by molar-refractivity contribution is 7.90. The van der Waals surface area contributed by atoms with E-state index in [2.05, 4.69) is 5.32 Å². The van der Waals surface area contributed by atoms with Crippen LogP contribution in [-0.2, 0) is 9.84 Å². The number of sulfone groups is 1. The summed E-state index contributed by atoms with van der Waals surface area (Å²) in [5, 5.41) is 3.03. The lowest BCUT2D eigenvalue weighted by Gasteiger charge is -2.09. The number of hydrogen-bond acceptors (Lipinski definition) is 4. The fourth-order valence-electron chi connectivity index (χ4n) is 1.33. The summed E-state index contributed by atoms with van der Waals surface area (Å²) >= 11 is 0. The molecular weight excluding hydrogens is 238 g/mol. The first kappa shape index (κ1) is 14.0. The molecule has 0 heterocycles. The first-order valence-electron chi connectivity index (χ1n) is 5.56. The van der Waals surface area contributed by atoms with E-state index in [1.807, 2.05) is 31.2 Å². The highest BCUT2D eigenvalue weighted by atomic mass is 32.2. The molecular formula is C12H19NO3S. The molecule has 0 unspecified atom stereocenters. The van der Waals surface area contributed by atoms with E-state index in [4.69, 9.17) is 4.74 Å². The van der Waals surface area contributed by atoms with Crippen molar-refractivity contribution < 1.29 is 13.2 Å². The second-order valence-electron chi connectivity index (χ2n) is 3.99. The Morgan fingerprint density at radius 2 is 1.94 bits per heavy atom. The van der Waals surface area contributed by atoms with Crippen molar-refractivity contribution in [3.63, 3.8) is 0 Å². The molecule has 0 aliphatic heterocycles. The van der Waals surface area contributed by atoms with E-state index >= 15 is 0 Å². The molecule has 96 valence electrons. The Morgan fingerprint density at radius 1 is 1.24 bits per heavy atom. The first-order valence-corrected chi connectivity index (χ1v) is 7.62. The van der Waals surface area contributed by atoms with Gasteiger partial charge in [-0.15, -0.1) is 0 Å². The minimum atomic E-state index is -2.87. The largest absolute Gasteiger partial charge is 0.492 e. The number of benzene rings is 1. The molecule has 0 aromatic heterocycles. The summed E-state index contributed by atoms with van der Waals surface area (Å²) in [7, 11) is -2.87. The van der Waals surface area contributed by atoms with Crippen molar-refractivity contribution in [3.05, 3.63) is 29.8 Å². The van der Waals surface area contributed by atoms with Gasteiger partial charge in [-0.05, 0) is 18.6 Å². The summed E-state index contributed by atoms with van der Waals surface area (Å²) in [5.74, 6) is 1.04. The molecule has 1 aromatic rings. The van der Waals surface area contributed by atoms with E-state index in [-0.39, 0.29) is 5.75 Å². The van der Waals surface area contributed by atoms with Gasteiger partial charge < -0.3 is 10.1 Å². The van der Waals surface area contributed by atoms with Gasteiger partial charge in [0.05, 0.1) is 5.75 Å².